The summed E-state index contributed by atoms with van der Waals surface area (Å²) in [5.41, 5.74) is 8.01. The summed E-state index contributed by atoms with van der Waals surface area (Å²) >= 11 is 0. The maximum atomic E-state index is 13.2. The van der Waals surface area contributed by atoms with Crippen LogP contribution in [-0.2, 0) is 13.5 Å². The summed E-state index contributed by atoms with van der Waals surface area (Å²) < 4.78 is 18.3. The van der Waals surface area contributed by atoms with E-state index in [4.69, 9.17) is 19.9 Å². The second-order valence-electron chi connectivity index (χ2n) is 6.80. The number of aromatic nitrogens is 1. The van der Waals surface area contributed by atoms with E-state index in [1.807, 2.05) is 26.0 Å². The quantitative estimate of drug-likeness (QED) is 0.807. The first-order chi connectivity index (χ1) is 14.0. The van der Waals surface area contributed by atoms with Crippen molar-refractivity contribution in [3.05, 3.63) is 62.9 Å². The van der Waals surface area contributed by atoms with Crippen LogP contribution < -0.4 is 25.5 Å². The molecule has 0 spiro atoms. The fourth-order valence-electron chi connectivity index (χ4n) is 3.64. The summed E-state index contributed by atoms with van der Waals surface area (Å²) in [5.74, 6) is 0.863. The Morgan fingerprint density at radius 1 is 1.28 bits per heavy atom. The molecular weight excluding hydrogens is 370 g/mol. The van der Waals surface area contributed by atoms with Crippen molar-refractivity contribution in [1.29, 1.82) is 5.26 Å². The number of allylic oxidation sites excluding steroid dienone is 1. The zero-order chi connectivity index (χ0) is 21.1. The van der Waals surface area contributed by atoms with Crippen molar-refractivity contribution in [2.24, 2.45) is 12.8 Å². The third-order valence-corrected chi connectivity index (χ3v) is 5.04. The number of hydrogen-bond donors (Lipinski definition) is 1. The number of hydrogen-bond acceptors (Lipinski definition) is 6. The van der Waals surface area contributed by atoms with E-state index in [1.54, 1.807) is 30.9 Å². The van der Waals surface area contributed by atoms with E-state index < -0.39 is 5.92 Å². The molecule has 0 bridgehead atoms. The number of aryl methyl sites for hydroxylation is 1. The zero-order valence-electron chi connectivity index (χ0n) is 17.1. The summed E-state index contributed by atoms with van der Waals surface area (Å²) in [6.45, 7) is 4.42. The van der Waals surface area contributed by atoms with Gasteiger partial charge in [-0.15, -0.1) is 0 Å². The highest BCUT2D eigenvalue weighted by Gasteiger charge is 2.34. The first kappa shape index (κ1) is 20.3. The van der Waals surface area contributed by atoms with Crippen molar-refractivity contribution >= 4 is 0 Å². The SMILES string of the molecule is CCCc1cc2c(c(=O)n1C)C(c1ccc(OCC)c(OC)c1)C(C#N)=C(N)O2. The maximum absolute atomic E-state index is 13.2. The highest BCUT2D eigenvalue weighted by atomic mass is 16.5. The third-order valence-electron chi connectivity index (χ3n) is 5.04. The van der Waals surface area contributed by atoms with Crippen LogP contribution in [0.4, 0.5) is 0 Å². The van der Waals surface area contributed by atoms with Gasteiger partial charge in [0.25, 0.3) is 5.56 Å². The lowest BCUT2D eigenvalue weighted by molar-refractivity contribution is 0.310. The molecule has 2 heterocycles. The van der Waals surface area contributed by atoms with Crippen LogP contribution >= 0.6 is 0 Å². The van der Waals surface area contributed by atoms with Gasteiger partial charge < -0.3 is 24.5 Å². The summed E-state index contributed by atoms with van der Waals surface area (Å²) in [5, 5.41) is 9.75. The van der Waals surface area contributed by atoms with Gasteiger partial charge in [0.15, 0.2) is 11.5 Å². The predicted molar refractivity (Wildman–Crippen MR) is 109 cm³/mol. The molecule has 1 unspecified atom stereocenters. The summed E-state index contributed by atoms with van der Waals surface area (Å²) in [4.78, 5) is 13.2. The Hall–Kier alpha value is -3.40. The normalized spacial score (nSPS) is 15.3. The lowest BCUT2D eigenvalue weighted by Gasteiger charge is -2.27. The number of rotatable bonds is 6. The van der Waals surface area contributed by atoms with Gasteiger partial charge in [-0.1, -0.05) is 19.4 Å². The van der Waals surface area contributed by atoms with E-state index in [0.29, 0.717) is 35.0 Å². The number of ether oxygens (including phenoxy) is 3. The molecule has 29 heavy (non-hydrogen) atoms. The Balaban J connectivity index is 2.25. The second-order valence-corrected chi connectivity index (χ2v) is 6.80. The Morgan fingerprint density at radius 3 is 2.66 bits per heavy atom. The smallest absolute Gasteiger partial charge is 0.258 e. The molecule has 152 valence electrons. The van der Waals surface area contributed by atoms with Crippen LogP contribution in [0.25, 0.3) is 0 Å². The molecule has 0 saturated heterocycles. The number of nitrogens with zero attached hydrogens (tertiary/aromatic N) is 2. The van der Waals surface area contributed by atoms with Crippen LogP contribution in [-0.4, -0.2) is 18.3 Å². The second kappa shape index (κ2) is 8.31. The first-order valence-electron chi connectivity index (χ1n) is 9.57. The first-order valence-corrected chi connectivity index (χ1v) is 9.57. The number of nitriles is 1. The molecular formula is C22H25N3O4. The fourth-order valence-corrected chi connectivity index (χ4v) is 3.64. The van der Waals surface area contributed by atoms with Gasteiger partial charge in [-0.25, -0.2) is 0 Å². The molecule has 0 aliphatic carbocycles. The van der Waals surface area contributed by atoms with Gasteiger partial charge in [-0.2, -0.15) is 5.26 Å². The summed E-state index contributed by atoms with van der Waals surface area (Å²) in [6.07, 6.45) is 1.62. The molecule has 0 radical (unpaired) electrons. The van der Waals surface area contributed by atoms with Gasteiger partial charge in [-0.05, 0) is 31.0 Å². The van der Waals surface area contributed by atoms with Gasteiger partial charge in [-0.3, -0.25) is 4.79 Å². The lowest BCUT2D eigenvalue weighted by Crippen LogP contribution is -2.32. The predicted octanol–water partition coefficient (Wildman–Crippen LogP) is 2.96. The zero-order valence-corrected chi connectivity index (χ0v) is 17.1. The molecule has 3 rings (SSSR count). The van der Waals surface area contributed by atoms with E-state index in [-0.39, 0.29) is 17.0 Å². The van der Waals surface area contributed by atoms with E-state index in [2.05, 4.69) is 6.07 Å². The number of nitrogens with two attached hydrogens (primary N) is 1. The van der Waals surface area contributed by atoms with Crippen LogP contribution in [0.2, 0.25) is 0 Å². The Kier molecular flexibility index (Phi) is 5.83. The van der Waals surface area contributed by atoms with Crippen LogP contribution in [0, 0.1) is 11.3 Å². The van der Waals surface area contributed by atoms with Gasteiger partial charge in [0.1, 0.15) is 17.4 Å². The molecule has 1 aromatic heterocycles. The maximum Gasteiger partial charge on any atom is 0.258 e. The van der Waals surface area contributed by atoms with Crippen LogP contribution in [0.15, 0.2) is 40.5 Å². The highest BCUT2D eigenvalue weighted by molar-refractivity contribution is 5.57. The molecule has 1 aliphatic heterocycles. The van der Waals surface area contributed by atoms with Crippen LogP contribution in [0.3, 0.4) is 0 Å². The molecule has 1 atom stereocenters. The lowest BCUT2D eigenvalue weighted by atomic mass is 9.83. The van der Waals surface area contributed by atoms with Crippen molar-refractivity contribution in [1.82, 2.24) is 4.57 Å². The average Bonchev–Trinajstić information content (AvgIpc) is 2.71. The molecule has 1 aromatic carbocycles. The molecule has 0 fully saturated rings. The number of methoxy groups -OCH3 is 1. The average molecular weight is 395 g/mol. The molecule has 7 nitrogen and oxygen atoms in total. The minimum absolute atomic E-state index is 0.00792. The molecule has 7 heteroatoms. The standard InChI is InChI=1S/C22H25N3O4/c1-5-7-14-11-18-20(22(26)25(14)3)19(15(12-23)21(24)29-18)13-8-9-16(28-6-2)17(10-13)27-4/h8-11,19H,5-7,24H2,1-4H3. The summed E-state index contributed by atoms with van der Waals surface area (Å²) in [7, 11) is 3.28. The van der Waals surface area contributed by atoms with Gasteiger partial charge in [0.2, 0.25) is 5.88 Å². The van der Waals surface area contributed by atoms with E-state index in [9.17, 15) is 10.1 Å². The van der Waals surface area contributed by atoms with Crippen molar-refractivity contribution in [3.63, 3.8) is 0 Å². The van der Waals surface area contributed by atoms with Crippen molar-refractivity contribution < 1.29 is 14.2 Å². The van der Waals surface area contributed by atoms with Gasteiger partial charge in [0.05, 0.1) is 25.2 Å². The monoisotopic (exact) mass is 395 g/mol. The number of benzene rings is 1. The Bertz CT molecular complexity index is 1060. The fraction of sp³-hybridized carbons (Fsp3) is 0.364. The molecule has 2 aromatic rings. The topological polar surface area (TPSA) is 99.5 Å². The third kappa shape index (κ3) is 3.54. The van der Waals surface area contributed by atoms with Gasteiger partial charge >= 0.3 is 0 Å². The highest BCUT2D eigenvalue weighted by Crippen LogP contribution is 2.42. The molecule has 2 N–H and O–H groups in total. The van der Waals surface area contributed by atoms with Crippen molar-refractivity contribution in [2.75, 3.05) is 13.7 Å². The van der Waals surface area contributed by atoms with Crippen molar-refractivity contribution in [3.8, 4) is 23.3 Å². The van der Waals surface area contributed by atoms with Crippen LogP contribution in [0.5, 0.6) is 17.2 Å². The largest absolute Gasteiger partial charge is 0.493 e. The molecule has 1 aliphatic rings. The Labute approximate surface area is 169 Å². The van der Waals surface area contributed by atoms with Crippen LogP contribution in [0.1, 0.15) is 43.0 Å². The van der Waals surface area contributed by atoms with E-state index in [0.717, 1.165) is 18.5 Å². The van der Waals surface area contributed by atoms with E-state index >= 15 is 0 Å². The summed E-state index contributed by atoms with van der Waals surface area (Å²) in [6, 6.07) is 9.31. The minimum Gasteiger partial charge on any atom is -0.493 e. The Morgan fingerprint density at radius 2 is 2.03 bits per heavy atom. The van der Waals surface area contributed by atoms with Crippen molar-refractivity contribution in [2.45, 2.75) is 32.6 Å². The number of pyridine rings is 1. The van der Waals surface area contributed by atoms with Gasteiger partial charge in [0, 0.05) is 18.8 Å². The minimum atomic E-state index is -0.650. The molecule has 0 saturated carbocycles. The van der Waals surface area contributed by atoms with E-state index in [1.165, 1.54) is 0 Å². The molecule has 0 amide bonds. The number of fused-ring (bicyclic) bond motifs is 1.